The number of aliphatic hydroxyl groups is 2. The van der Waals surface area contributed by atoms with Crippen molar-refractivity contribution in [2.24, 2.45) is 0 Å². The Hall–Kier alpha value is 0.150. The highest BCUT2D eigenvalue weighted by molar-refractivity contribution is 7.63. The van der Waals surface area contributed by atoms with E-state index in [9.17, 15) is 4.57 Å². The van der Waals surface area contributed by atoms with Gasteiger partial charge in [0.1, 0.15) is 0 Å². The van der Waals surface area contributed by atoms with Crippen LogP contribution in [0.5, 0.6) is 0 Å². The molecule has 0 radical (unpaired) electrons. The van der Waals surface area contributed by atoms with E-state index in [1.807, 2.05) is 0 Å². The Kier molecular flexibility index (Phi) is 5.86. The second kappa shape index (κ2) is 5.79. The molecule has 3 nitrogen and oxygen atoms in total. The number of aliphatic hydroxyl groups excluding tert-OH is 2. The van der Waals surface area contributed by atoms with Gasteiger partial charge in [0.15, 0.2) is 0 Å². The van der Waals surface area contributed by atoms with Crippen LogP contribution >= 0.6 is 7.14 Å². The van der Waals surface area contributed by atoms with E-state index in [2.05, 4.69) is 0 Å². The van der Waals surface area contributed by atoms with E-state index in [-0.39, 0.29) is 12.2 Å². The first-order valence-electron chi connectivity index (χ1n) is 4.75. The molecule has 0 amide bonds. The van der Waals surface area contributed by atoms with Crippen molar-refractivity contribution in [2.75, 3.05) is 19.0 Å². The summed E-state index contributed by atoms with van der Waals surface area (Å²) in [5, 5.41) is 18.0. The van der Waals surface area contributed by atoms with Gasteiger partial charge in [-0.15, -0.1) is 0 Å². The maximum atomic E-state index is 11.8. The van der Waals surface area contributed by atoms with Gasteiger partial charge < -0.3 is 14.8 Å². The number of hydrogen-bond acceptors (Lipinski definition) is 3. The minimum absolute atomic E-state index is 0.375. The predicted octanol–water partition coefficient (Wildman–Crippen LogP) is 1.52. The summed E-state index contributed by atoms with van der Waals surface area (Å²) in [6, 6.07) is 0. The number of rotatable bonds is 6. The first-order valence-corrected chi connectivity index (χ1v) is 7.27. The molecule has 0 aliphatic heterocycles. The first-order chi connectivity index (χ1) is 5.83. The lowest BCUT2D eigenvalue weighted by atomic mass is 10.3. The summed E-state index contributed by atoms with van der Waals surface area (Å²) in [6.45, 7) is 5.15. The Morgan fingerprint density at radius 1 is 1.08 bits per heavy atom. The molecular formula is C9H21O3P. The molecule has 0 aromatic heterocycles. The van der Waals surface area contributed by atoms with Crippen molar-refractivity contribution in [3.63, 3.8) is 0 Å². The van der Waals surface area contributed by atoms with Gasteiger partial charge in [-0.25, -0.2) is 0 Å². The van der Waals surface area contributed by atoms with Crippen molar-refractivity contribution >= 4 is 7.14 Å². The minimum Gasteiger partial charge on any atom is -0.393 e. The molecule has 0 aromatic carbocycles. The van der Waals surface area contributed by atoms with Crippen LogP contribution in [0.2, 0.25) is 0 Å². The molecule has 0 saturated carbocycles. The van der Waals surface area contributed by atoms with Crippen molar-refractivity contribution in [3.8, 4) is 0 Å². The lowest BCUT2D eigenvalue weighted by molar-refractivity contribution is 0.189. The third-order valence-corrected chi connectivity index (χ3v) is 4.45. The predicted molar refractivity (Wildman–Crippen MR) is 55.9 cm³/mol. The molecule has 80 valence electrons. The van der Waals surface area contributed by atoms with Crippen LogP contribution in [0, 0.1) is 0 Å². The quantitative estimate of drug-likeness (QED) is 0.651. The molecule has 0 heterocycles. The van der Waals surface area contributed by atoms with Crippen molar-refractivity contribution in [1.29, 1.82) is 0 Å². The molecule has 0 fully saturated rings. The zero-order chi connectivity index (χ0) is 10.5. The fourth-order valence-corrected chi connectivity index (χ4v) is 3.09. The van der Waals surface area contributed by atoms with Gasteiger partial charge in [-0.1, -0.05) is 0 Å². The third-order valence-electron chi connectivity index (χ3n) is 2.04. The molecule has 0 saturated heterocycles. The Bertz CT molecular complexity index is 162. The van der Waals surface area contributed by atoms with Gasteiger partial charge in [-0.05, 0) is 33.4 Å². The fraction of sp³-hybridized carbons (Fsp3) is 1.00. The van der Waals surface area contributed by atoms with E-state index in [0.717, 1.165) is 0 Å². The average molecular weight is 208 g/mol. The van der Waals surface area contributed by atoms with Crippen LogP contribution in [-0.4, -0.2) is 41.4 Å². The average Bonchev–Trinajstić information content (AvgIpc) is 1.98. The zero-order valence-corrected chi connectivity index (χ0v) is 9.63. The summed E-state index contributed by atoms with van der Waals surface area (Å²) in [6.07, 6.45) is 1.59. The Balaban J connectivity index is 3.74. The van der Waals surface area contributed by atoms with Gasteiger partial charge in [-0.3, -0.25) is 0 Å². The summed E-state index contributed by atoms with van der Waals surface area (Å²) in [7, 11) is -2.12. The standard InChI is InChI=1S/C9H21O3P/c1-8(10)4-6-13(3,12)7-5-9(2)11/h8-11H,4-7H2,1-3H3. The van der Waals surface area contributed by atoms with E-state index in [4.69, 9.17) is 10.2 Å². The van der Waals surface area contributed by atoms with Crippen LogP contribution in [0.15, 0.2) is 0 Å². The van der Waals surface area contributed by atoms with Gasteiger partial charge in [0, 0.05) is 12.3 Å². The largest absolute Gasteiger partial charge is 0.393 e. The summed E-state index contributed by atoms with van der Waals surface area (Å²) >= 11 is 0. The highest BCUT2D eigenvalue weighted by atomic mass is 31.2. The molecular weight excluding hydrogens is 187 g/mol. The topological polar surface area (TPSA) is 57.5 Å². The molecule has 0 spiro atoms. The first kappa shape index (κ1) is 13.2. The lowest BCUT2D eigenvalue weighted by Gasteiger charge is -2.14. The van der Waals surface area contributed by atoms with Crippen LogP contribution in [-0.2, 0) is 4.57 Å². The van der Waals surface area contributed by atoms with Gasteiger partial charge in [0.25, 0.3) is 0 Å². The van der Waals surface area contributed by atoms with Gasteiger partial charge in [0.2, 0.25) is 0 Å². The second-order valence-electron chi connectivity index (χ2n) is 4.02. The van der Waals surface area contributed by atoms with Gasteiger partial charge in [-0.2, -0.15) is 0 Å². The monoisotopic (exact) mass is 208 g/mol. The summed E-state index contributed by atoms with van der Waals surface area (Å²) in [4.78, 5) is 0. The zero-order valence-electron chi connectivity index (χ0n) is 8.73. The van der Waals surface area contributed by atoms with Crippen LogP contribution in [0.3, 0.4) is 0 Å². The SMILES string of the molecule is CC(O)CCP(C)(=O)CCC(C)O. The Morgan fingerprint density at radius 2 is 1.38 bits per heavy atom. The van der Waals surface area contributed by atoms with Crippen LogP contribution in [0.1, 0.15) is 26.7 Å². The van der Waals surface area contributed by atoms with Gasteiger partial charge >= 0.3 is 0 Å². The maximum absolute atomic E-state index is 11.8. The highest BCUT2D eigenvalue weighted by Crippen LogP contribution is 2.42. The normalized spacial score (nSPS) is 20.7. The van der Waals surface area contributed by atoms with Gasteiger partial charge in [0.05, 0.1) is 19.3 Å². The lowest BCUT2D eigenvalue weighted by Crippen LogP contribution is -2.08. The van der Waals surface area contributed by atoms with Crippen molar-refractivity contribution in [1.82, 2.24) is 0 Å². The maximum Gasteiger partial charge on any atom is 0.0850 e. The molecule has 2 N–H and O–H groups in total. The van der Waals surface area contributed by atoms with Crippen LogP contribution < -0.4 is 0 Å². The Morgan fingerprint density at radius 3 is 1.62 bits per heavy atom. The third kappa shape index (κ3) is 8.48. The molecule has 2 unspecified atom stereocenters. The van der Waals surface area contributed by atoms with Crippen LogP contribution in [0.4, 0.5) is 0 Å². The molecule has 0 aromatic rings. The molecule has 0 bridgehead atoms. The minimum atomic E-state index is -2.12. The van der Waals surface area contributed by atoms with Crippen molar-refractivity contribution in [2.45, 2.75) is 38.9 Å². The summed E-state index contributed by atoms with van der Waals surface area (Å²) in [5.74, 6) is 0. The molecule has 4 heteroatoms. The molecule has 0 rings (SSSR count). The van der Waals surface area contributed by atoms with E-state index < -0.39 is 7.14 Å². The second-order valence-corrected chi connectivity index (χ2v) is 7.51. The van der Waals surface area contributed by atoms with Crippen LogP contribution in [0.25, 0.3) is 0 Å². The number of hydrogen-bond donors (Lipinski definition) is 2. The van der Waals surface area contributed by atoms with E-state index >= 15 is 0 Å². The molecule has 2 atom stereocenters. The van der Waals surface area contributed by atoms with E-state index in [0.29, 0.717) is 25.2 Å². The van der Waals surface area contributed by atoms with E-state index in [1.54, 1.807) is 20.5 Å². The molecule has 13 heavy (non-hydrogen) atoms. The molecule has 0 aliphatic rings. The smallest absolute Gasteiger partial charge is 0.0850 e. The van der Waals surface area contributed by atoms with E-state index in [1.165, 1.54) is 0 Å². The highest BCUT2D eigenvalue weighted by Gasteiger charge is 2.16. The van der Waals surface area contributed by atoms with Crippen molar-refractivity contribution in [3.05, 3.63) is 0 Å². The summed E-state index contributed by atoms with van der Waals surface area (Å²) in [5.41, 5.74) is 0. The summed E-state index contributed by atoms with van der Waals surface area (Å²) < 4.78 is 11.8. The Labute approximate surface area is 80.5 Å². The molecule has 0 aliphatic carbocycles. The van der Waals surface area contributed by atoms with Crippen molar-refractivity contribution < 1.29 is 14.8 Å². The fourth-order valence-electron chi connectivity index (χ4n) is 1.03.